The Balaban J connectivity index is 1.28. The van der Waals surface area contributed by atoms with Crippen LogP contribution in [0.3, 0.4) is 0 Å². The van der Waals surface area contributed by atoms with Crippen LogP contribution in [0.5, 0.6) is 0 Å². The third-order valence-electron chi connectivity index (χ3n) is 7.37. The van der Waals surface area contributed by atoms with E-state index in [-0.39, 0.29) is 34.1 Å². The molecule has 3 amide bonds. The molecule has 36 heavy (non-hydrogen) atoms. The van der Waals surface area contributed by atoms with E-state index < -0.39 is 29.2 Å². The minimum Gasteiger partial charge on any atom is -0.477 e. The molecule has 0 radical (unpaired) electrons. The number of likely N-dealkylation sites (tertiary alicyclic amines) is 1. The fourth-order valence-electron chi connectivity index (χ4n) is 5.80. The van der Waals surface area contributed by atoms with Gasteiger partial charge < -0.3 is 31.2 Å². The number of carboxylic acids is 1. The lowest BCUT2D eigenvalue weighted by molar-refractivity contribution is -0.898. The van der Waals surface area contributed by atoms with Gasteiger partial charge in [-0.05, 0) is 0 Å². The van der Waals surface area contributed by atoms with Gasteiger partial charge in [0.15, 0.2) is 10.8 Å². The number of nitrogen functional groups attached to an aromatic ring is 1. The number of anilines is 1. The molecule has 1 aromatic rings. The molecule has 1 aromatic heterocycles. The summed E-state index contributed by atoms with van der Waals surface area (Å²) in [6.45, 7) is 2.04. The van der Waals surface area contributed by atoms with E-state index in [9.17, 15) is 29.5 Å². The SMILES string of the molecule is CNC(=O)C1C2C[N+](C)(CC3=C(C(=O)O)N4C(=O)[C@@H](NC(=O)/C(=N\O)c5csc(N)n5)[C@@H]4SC3)CC21. The summed E-state index contributed by atoms with van der Waals surface area (Å²) in [7, 11) is 3.69. The van der Waals surface area contributed by atoms with Crippen LogP contribution in [0.15, 0.2) is 21.8 Å². The van der Waals surface area contributed by atoms with Gasteiger partial charge in [0.05, 0.1) is 26.1 Å². The fourth-order valence-corrected chi connectivity index (χ4v) is 7.69. The van der Waals surface area contributed by atoms with Crippen LogP contribution in [0.4, 0.5) is 5.13 Å². The molecule has 4 aliphatic rings. The van der Waals surface area contributed by atoms with Crippen LogP contribution in [-0.4, -0.2) is 105 Å². The Morgan fingerprint density at radius 2 is 2.03 bits per heavy atom. The molecule has 4 heterocycles. The number of nitrogens with two attached hydrogens (primary N) is 1. The van der Waals surface area contributed by atoms with Crippen LogP contribution in [0, 0.1) is 17.8 Å². The number of quaternary nitrogens is 1. The van der Waals surface area contributed by atoms with Crippen LogP contribution < -0.4 is 16.4 Å². The number of thiazole rings is 1. The van der Waals surface area contributed by atoms with Crippen molar-refractivity contribution >= 4 is 57.6 Å². The molecule has 0 spiro atoms. The quantitative estimate of drug-likeness (QED) is 0.0929. The second kappa shape index (κ2) is 8.74. The average Bonchev–Trinajstić information content (AvgIpc) is 3.13. The number of hydrogen-bond donors (Lipinski definition) is 5. The fraction of sp³-hybridized carbons (Fsp3) is 0.524. The highest BCUT2D eigenvalue weighted by atomic mass is 32.2. The van der Waals surface area contributed by atoms with Crippen molar-refractivity contribution in [3.05, 3.63) is 22.3 Å². The molecule has 0 aromatic carbocycles. The van der Waals surface area contributed by atoms with Crippen molar-refractivity contribution in [1.82, 2.24) is 20.5 Å². The first-order chi connectivity index (χ1) is 17.1. The van der Waals surface area contributed by atoms with Crippen molar-refractivity contribution in [2.24, 2.45) is 22.9 Å². The predicted molar refractivity (Wildman–Crippen MR) is 130 cm³/mol. The van der Waals surface area contributed by atoms with E-state index in [4.69, 9.17) is 5.73 Å². The molecular weight excluding hydrogens is 510 g/mol. The molecule has 1 saturated carbocycles. The average molecular weight is 537 g/mol. The summed E-state index contributed by atoms with van der Waals surface area (Å²) in [4.78, 5) is 55.0. The first-order valence-electron chi connectivity index (χ1n) is 11.3. The molecule has 13 nitrogen and oxygen atoms in total. The van der Waals surface area contributed by atoms with E-state index in [1.807, 2.05) is 0 Å². The number of carbonyl (C=O) groups excluding carboxylic acids is 3. The van der Waals surface area contributed by atoms with Gasteiger partial charge in [-0.25, -0.2) is 9.78 Å². The van der Waals surface area contributed by atoms with E-state index in [2.05, 4.69) is 27.8 Å². The highest BCUT2D eigenvalue weighted by Crippen LogP contribution is 2.54. The maximum Gasteiger partial charge on any atom is 0.352 e. The van der Waals surface area contributed by atoms with Gasteiger partial charge in [0, 0.05) is 35.6 Å². The number of β-lactam (4-membered cyclic amide) rings is 1. The Kier molecular flexibility index (Phi) is 5.95. The van der Waals surface area contributed by atoms with Crippen molar-refractivity contribution < 1.29 is 34.0 Å². The Morgan fingerprint density at radius 3 is 2.58 bits per heavy atom. The highest BCUT2D eigenvalue weighted by molar-refractivity contribution is 8.00. The van der Waals surface area contributed by atoms with Gasteiger partial charge in [-0.15, -0.1) is 23.1 Å². The summed E-state index contributed by atoms with van der Waals surface area (Å²) >= 11 is 2.44. The molecule has 15 heteroatoms. The Hall–Kier alpha value is -3.17. The van der Waals surface area contributed by atoms with Crippen LogP contribution in [0.2, 0.25) is 0 Å². The number of fused-ring (bicyclic) bond motifs is 2. The van der Waals surface area contributed by atoms with Gasteiger partial charge in [0.25, 0.3) is 11.8 Å². The number of carbonyl (C=O) groups is 4. The molecule has 3 aliphatic heterocycles. The molecule has 3 fully saturated rings. The lowest BCUT2D eigenvalue weighted by Crippen LogP contribution is -2.71. The topological polar surface area (TPSA) is 187 Å². The second-order valence-electron chi connectivity index (χ2n) is 9.75. The molecule has 2 saturated heterocycles. The van der Waals surface area contributed by atoms with E-state index in [0.717, 1.165) is 24.4 Å². The number of rotatable bonds is 7. The van der Waals surface area contributed by atoms with Crippen molar-refractivity contribution in [3.63, 3.8) is 0 Å². The Morgan fingerprint density at radius 1 is 1.33 bits per heavy atom. The number of nitrogens with zero attached hydrogens (tertiary/aromatic N) is 4. The molecule has 6 N–H and O–H groups in total. The Bertz CT molecular complexity index is 1220. The third kappa shape index (κ3) is 3.90. The van der Waals surface area contributed by atoms with E-state index >= 15 is 0 Å². The van der Waals surface area contributed by atoms with E-state index in [0.29, 0.717) is 34.2 Å². The van der Waals surface area contributed by atoms with E-state index in [1.165, 1.54) is 22.0 Å². The first-order valence-corrected chi connectivity index (χ1v) is 13.2. The zero-order valence-corrected chi connectivity index (χ0v) is 21.1. The number of aliphatic carboxylic acids is 1. The number of oxime groups is 1. The number of amides is 3. The number of piperidine rings is 1. The van der Waals surface area contributed by atoms with Gasteiger partial charge in [0.1, 0.15) is 29.4 Å². The highest BCUT2D eigenvalue weighted by Gasteiger charge is 2.65. The maximum absolute atomic E-state index is 13.0. The lowest BCUT2D eigenvalue weighted by atomic mass is 10.0. The standard InChI is InChI=1S/C21H25N7O6S2/c1-23-16(29)12-9-4-28(2,5-10(9)12)3-8-6-35-19-14(18(31)27(19)15(8)20(32)33)25-17(30)13(26-34)11-7-36-21(22)24-11/h7,9-10,12,14,19H,3-6H2,1-2H3,(H5-,22,23,24,25,29,30,32,33,34)/p+1/t9?,10?,12?,14-,19+,28?/m1/s1. The number of hydrogen-bond acceptors (Lipinski definition) is 10. The lowest BCUT2D eigenvalue weighted by Gasteiger charge is -2.50. The van der Waals surface area contributed by atoms with Gasteiger partial charge in [-0.1, -0.05) is 5.16 Å². The summed E-state index contributed by atoms with van der Waals surface area (Å²) in [5, 5.41) is 28.6. The molecule has 2 unspecified atom stereocenters. The van der Waals surface area contributed by atoms with Gasteiger partial charge in [-0.3, -0.25) is 19.3 Å². The molecular formula is C21H26N7O6S2+. The van der Waals surface area contributed by atoms with Crippen molar-refractivity contribution in [3.8, 4) is 0 Å². The van der Waals surface area contributed by atoms with Crippen LogP contribution in [0.25, 0.3) is 0 Å². The number of nitrogens with one attached hydrogen (secondary N) is 2. The molecule has 5 rings (SSSR count). The third-order valence-corrected chi connectivity index (χ3v) is 9.39. The summed E-state index contributed by atoms with van der Waals surface area (Å²) in [6, 6.07) is -0.969. The summed E-state index contributed by atoms with van der Waals surface area (Å²) in [5.74, 6) is -1.46. The summed E-state index contributed by atoms with van der Waals surface area (Å²) in [5.41, 5.74) is 5.89. The maximum atomic E-state index is 13.0. The number of thioether (sulfide) groups is 1. The second-order valence-corrected chi connectivity index (χ2v) is 11.7. The first kappa shape index (κ1) is 24.5. The zero-order chi connectivity index (χ0) is 25.9. The molecule has 4 atom stereocenters. The van der Waals surface area contributed by atoms with Crippen LogP contribution >= 0.6 is 23.1 Å². The number of aromatic nitrogens is 1. The van der Waals surface area contributed by atoms with Gasteiger partial charge >= 0.3 is 5.97 Å². The minimum absolute atomic E-state index is 0.0358. The van der Waals surface area contributed by atoms with Crippen molar-refractivity contribution in [2.45, 2.75) is 11.4 Å². The minimum atomic E-state index is -1.19. The molecule has 1 aliphatic carbocycles. The van der Waals surface area contributed by atoms with Gasteiger partial charge in [0.2, 0.25) is 5.91 Å². The van der Waals surface area contributed by atoms with Crippen LogP contribution in [-0.2, 0) is 19.2 Å². The molecule has 0 bridgehead atoms. The largest absolute Gasteiger partial charge is 0.477 e. The number of likely N-dealkylation sites (N-methyl/N-ethyl adjacent to an activating group) is 1. The van der Waals surface area contributed by atoms with Crippen molar-refractivity contribution in [2.75, 3.05) is 45.2 Å². The summed E-state index contributed by atoms with van der Waals surface area (Å²) < 4.78 is 0.620. The van der Waals surface area contributed by atoms with E-state index in [1.54, 1.807) is 7.05 Å². The normalized spacial score (nSPS) is 32.9. The monoisotopic (exact) mass is 536 g/mol. The number of carboxylic acid groups (broad SMARTS) is 1. The smallest absolute Gasteiger partial charge is 0.352 e. The van der Waals surface area contributed by atoms with Gasteiger partial charge in [-0.2, -0.15) is 0 Å². The predicted octanol–water partition coefficient (Wildman–Crippen LogP) is -1.29. The van der Waals surface area contributed by atoms with Crippen molar-refractivity contribution in [1.29, 1.82) is 0 Å². The zero-order valence-electron chi connectivity index (χ0n) is 19.5. The summed E-state index contributed by atoms with van der Waals surface area (Å²) in [6.07, 6.45) is 0. The molecule has 192 valence electrons. The van der Waals surface area contributed by atoms with Crippen LogP contribution in [0.1, 0.15) is 5.69 Å². The Labute approximate surface area is 214 Å².